The molecule has 0 saturated carbocycles. The van der Waals surface area contributed by atoms with E-state index in [4.69, 9.17) is 9.47 Å². The molecule has 0 bridgehead atoms. The first-order valence-corrected chi connectivity index (χ1v) is 7.65. The molecule has 0 aliphatic heterocycles. The average Bonchev–Trinajstić information content (AvgIpc) is 2.55. The maximum atomic E-state index is 5.85. The van der Waals surface area contributed by atoms with Crippen LogP contribution in [0.5, 0.6) is 11.5 Å². The number of benzene rings is 2. The summed E-state index contributed by atoms with van der Waals surface area (Å²) in [7, 11) is 0. The first-order valence-electron chi connectivity index (χ1n) is 7.65. The molecular formula is C21H22O2. The van der Waals surface area contributed by atoms with Crippen LogP contribution in [0.15, 0.2) is 84.9 Å². The highest BCUT2D eigenvalue weighted by Crippen LogP contribution is 2.16. The molecule has 0 radical (unpaired) electrons. The van der Waals surface area contributed by atoms with E-state index in [9.17, 15) is 0 Å². The first kappa shape index (κ1) is 16.6. The second-order valence-electron chi connectivity index (χ2n) is 5.24. The van der Waals surface area contributed by atoms with E-state index < -0.39 is 0 Å². The number of ether oxygens (including phenoxy) is 2. The minimum atomic E-state index is 0.750. The average molecular weight is 306 g/mol. The molecule has 0 fully saturated rings. The predicted octanol–water partition coefficient (Wildman–Crippen LogP) is 5.73. The molecule has 2 nitrogen and oxygen atoms in total. The molecule has 2 aromatic carbocycles. The zero-order valence-electron chi connectivity index (χ0n) is 13.8. The smallest absolute Gasteiger partial charge is 0.127 e. The third kappa shape index (κ3) is 5.87. The normalized spacial score (nSPS) is 12.0. The maximum absolute atomic E-state index is 5.85. The zero-order valence-corrected chi connectivity index (χ0v) is 13.8. The van der Waals surface area contributed by atoms with E-state index in [0.717, 1.165) is 17.3 Å². The molecule has 0 saturated heterocycles. The summed E-state index contributed by atoms with van der Waals surface area (Å²) in [5.74, 6) is 2.38. The lowest BCUT2D eigenvalue weighted by Crippen LogP contribution is -1.92. The summed E-state index contributed by atoms with van der Waals surface area (Å²) in [5, 5.41) is 0. The van der Waals surface area contributed by atoms with Crippen molar-refractivity contribution in [2.45, 2.75) is 20.8 Å². The van der Waals surface area contributed by atoms with Crippen molar-refractivity contribution in [3.63, 3.8) is 0 Å². The monoisotopic (exact) mass is 306 g/mol. The van der Waals surface area contributed by atoms with Gasteiger partial charge >= 0.3 is 0 Å². The van der Waals surface area contributed by atoms with E-state index in [0.29, 0.717) is 0 Å². The van der Waals surface area contributed by atoms with Crippen LogP contribution in [0.25, 0.3) is 0 Å². The molecule has 0 heterocycles. The molecule has 0 atom stereocenters. The highest BCUT2D eigenvalue weighted by Gasteiger charge is 1.96. The summed E-state index contributed by atoms with van der Waals surface area (Å²) in [5.41, 5.74) is 2.42. The SMILES string of the molecule is C\C=C/C(=C\C=C\Oc1ccc(C)cc1)Oc1ccc(C)cc1. The Morgan fingerprint density at radius 1 is 0.826 bits per heavy atom. The molecule has 0 aliphatic carbocycles. The van der Waals surface area contributed by atoms with Crippen LogP contribution in [0.3, 0.4) is 0 Å². The quantitative estimate of drug-likeness (QED) is 0.501. The van der Waals surface area contributed by atoms with Gasteiger partial charge < -0.3 is 9.47 Å². The van der Waals surface area contributed by atoms with E-state index in [2.05, 4.69) is 6.92 Å². The Labute approximate surface area is 138 Å². The second kappa shape index (κ2) is 8.64. The molecule has 118 valence electrons. The summed E-state index contributed by atoms with van der Waals surface area (Å²) in [6, 6.07) is 15.9. The molecule has 2 heteroatoms. The summed E-state index contributed by atoms with van der Waals surface area (Å²) >= 11 is 0. The Balaban J connectivity index is 1.99. The van der Waals surface area contributed by atoms with Crippen LogP contribution >= 0.6 is 0 Å². The van der Waals surface area contributed by atoms with E-state index in [1.165, 1.54) is 11.1 Å². The van der Waals surface area contributed by atoms with Gasteiger partial charge in [0.2, 0.25) is 0 Å². The Kier molecular flexibility index (Phi) is 6.25. The highest BCUT2D eigenvalue weighted by molar-refractivity contribution is 5.31. The topological polar surface area (TPSA) is 18.5 Å². The largest absolute Gasteiger partial charge is 0.465 e. The lowest BCUT2D eigenvalue weighted by atomic mass is 10.2. The van der Waals surface area contributed by atoms with Crippen LogP contribution in [0.4, 0.5) is 0 Å². The van der Waals surface area contributed by atoms with E-state index in [1.807, 2.05) is 86.7 Å². The lowest BCUT2D eigenvalue weighted by Gasteiger charge is -2.06. The van der Waals surface area contributed by atoms with Crippen LogP contribution in [0, 0.1) is 13.8 Å². The van der Waals surface area contributed by atoms with E-state index >= 15 is 0 Å². The fourth-order valence-electron chi connectivity index (χ4n) is 1.90. The van der Waals surface area contributed by atoms with Gasteiger partial charge in [-0.05, 0) is 63.3 Å². The predicted molar refractivity (Wildman–Crippen MR) is 95.7 cm³/mol. The summed E-state index contributed by atoms with van der Waals surface area (Å²) < 4.78 is 11.4. The van der Waals surface area contributed by atoms with E-state index in [1.54, 1.807) is 6.26 Å². The summed E-state index contributed by atoms with van der Waals surface area (Å²) in [6.45, 7) is 6.06. The van der Waals surface area contributed by atoms with Gasteiger partial charge in [-0.3, -0.25) is 0 Å². The Bertz CT molecular complexity index is 690. The van der Waals surface area contributed by atoms with Gasteiger partial charge in [-0.1, -0.05) is 41.5 Å². The highest BCUT2D eigenvalue weighted by atomic mass is 16.5. The maximum Gasteiger partial charge on any atom is 0.127 e. The van der Waals surface area contributed by atoms with Crippen molar-refractivity contribution < 1.29 is 9.47 Å². The van der Waals surface area contributed by atoms with Crippen molar-refractivity contribution in [2.24, 2.45) is 0 Å². The third-order valence-electron chi connectivity index (χ3n) is 3.15. The fraction of sp³-hybridized carbons (Fsp3) is 0.143. The Hall–Kier alpha value is -2.74. The first-order chi connectivity index (χ1) is 11.2. The lowest BCUT2D eigenvalue weighted by molar-refractivity contribution is 0.443. The molecule has 0 spiro atoms. The molecular weight excluding hydrogens is 284 g/mol. The van der Waals surface area contributed by atoms with Gasteiger partial charge in [-0.25, -0.2) is 0 Å². The molecule has 2 aromatic rings. The van der Waals surface area contributed by atoms with Gasteiger partial charge in [0.05, 0.1) is 6.26 Å². The number of aryl methyl sites for hydroxylation is 2. The van der Waals surface area contributed by atoms with Crippen molar-refractivity contribution in [2.75, 3.05) is 0 Å². The standard InChI is InChI=1S/C21H22O2/c1-4-6-20(23-21-14-10-18(3)11-15-21)7-5-16-22-19-12-8-17(2)9-13-19/h4-16H,1-3H3/b6-4-,16-5+,20-7+. The number of hydrogen-bond acceptors (Lipinski definition) is 2. The number of rotatable bonds is 6. The second-order valence-corrected chi connectivity index (χ2v) is 5.24. The van der Waals surface area contributed by atoms with Crippen molar-refractivity contribution in [3.05, 3.63) is 96.0 Å². The van der Waals surface area contributed by atoms with Gasteiger partial charge in [-0.15, -0.1) is 0 Å². The fourth-order valence-corrected chi connectivity index (χ4v) is 1.90. The van der Waals surface area contributed by atoms with E-state index in [-0.39, 0.29) is 0 Å². The van der Waals surface area contributed by atoms with Gasteiger partial charge in [0, 0.05) is 0 Å². The third-order valence-corrected chi connectivity index (χ3v) is 3.15. The molecule has 0 unspecified atom stereocenters. The van der Waals surface area contributed by atoms with Crippen LogP contribution < -0.4 is 9.47 Å². The van der Waals surface area contributed by atoms with Crippen molar-refractivity contribution in [1.82, 2.24) is 0 Å². The minimum absolute atomic E-state index is 0.750. The molecule has 23 heavy (non-hydrogen) atoms. The van der Waals surface area contributed by atoms with Crippen molar-refractivity contribution in [1.29, 1.82) is 0 Å². The number of hydrogen-bond donors (Lipinski definition) is 0. The van der Waals surface area contributed by atoms with Crippen LogP contribution in [0.1, 0.15) is 18.1 Å². The molecule has 2 rings (SSSR count). The zero-order chi connectivity index (χ0) is 16.5. The van der Waals surface area contributed by atoms with Gasteiger partial charge in [0.1, 0.15) is 17.3 Å². The van der Waals surface area contributed by atoms with Crippen molar-refractivity contribution in [3.8, 4) is 11.5 Å². The van der Waals surface area contributed by atoms with Gasteiger partial charge in [0.15, 0.2) is 0 Å². The molecule has 0 aromatic heterocycles. The van der Waals surface area contributed by atoms with Crippen LogP contribution in [-0.2, 0) is 0 Å². The summed E-state index contributed by atoms with van der Waals surface area (Å²) in [6.07, 6.45) is 9.19. The van der Waals surface area contributed by atoms with Crippen molar-refractivity contribution >= 4 is 0 Å². The molecule has 0 amide bonds. The van der Waals surface area contributed by atoms with Gasteiger partial charge in [-0.2, -0.15) is 0 Å². The molecule has 0 aliphatic rings. The number of allylic oxidation sites excluding steroid dienone is 4. The summed E-state index contributed by atoms with van der Waals surface area (Å²) in [4.78, 5) is 0. The Morgan fingerprint density at radius 3 is 1.96 bits per heavy atom. The van der Waals surface area contributed by atoms with Crippen LogP contribution in [0.2, 0.25) is 0 Å². The minimum Gasteiger partial charge on any atom is -0.465 e. The van der Waals surface area contributed by atoms with Crippen LogP contribution in [-0.4, -0.2) is 0 Å². The van der Waals surface area contributed by atoms with Gasteiger partial charge in [0.25, 0.3) is 0 Å². The molecule has 0 N–H and O–H groups in total. The Morgan fingerprint density at radius 2 is 1.39 bits per heavy atom.